The lowest BCUT2D eigenvalue weighted by atomic mass is 10.4. The fourth-order valence-corrected chi connectivity index (χ4v) is 1.80. The molecule has 0 atom stereocenters. The fraction of sp³-hybridized carbons (Fsp3) is 0.364. The molecule has 18 heavy (non-hydrogen) atoms. The molecule has 0 aliphatic rings. The Morgan fingerprint density at radius 1 is 1.22 bits per heavy atom. The Hall–Kier alpha value is -2.31. The molecule has 0 unspecified atom stereocenters. The predicted molar refractivity (Wildman–Crippen MR) is 63.0 cm³/mol. The van der Waals surface area contributed by atoms with Crippen LogP contribution in [-0.2, 0) is 4.79 Å². The zero-order valence-electron chi connectivity index (χ0n) is 10.6. The quantitative estimate of drug-likeness (QED) is 0.668. The summed E-state index contributed by atoms with van der Waals surface area (Å²) in [6.45, 7) is 6.36. The highest BCUT2D eigenvalue weighted by Crippen LogP contribution is 2.03. The molecule has 0 bridgehead atoms. The highest BCUT2D eigenvalue weighted by Gasteiger charge is 2.12. The van der Waals surface area contributed by atoms with Crippen molar-refractivity contribution in [1.82, 2.24) is 19.2 Å². The smallest absolute Gasteiger partial charge is 0.258 e. The lowest BCUT2D eigenvalue weighted by Gasteiger charge is -2.04. The number of nitrogens with zero attached hydrogens (tertiary/aromatic N) is 5. The van der Waals surface area contributed by atoms with E-state index in [9.17, 15) is 9.59 Å². The average Bonchev–Trinajstić information content (AvgIpc) is 2.54. The second-order valence-electron chi connectivity index (χ2n) is 4.02. The molecular formula is C11H13N5O2. The van der Waals surface area contributed by atoms with E-state index in [-0.39, 0.29) is 11.5 Å². The molecule has 2 rings (SSSR count). The standard InChI is InChI=1S/C11H13N5O2/c1-6-5-7(2)15-10(12-6)14-11(13-8(3)17)16(15)9(4)18/h5H,1-4H3. The SMILES string of the molecule is CC(=O)N=c1nc2nc(C)cc(C)n2n1C(C)=O. The van der Waals surface area contributed by atoms with Gasteiger partial charge in [0.25, 0.3) is 11.4 Å². The van der Waals surface area contributed by atoms with E-state index in [2.05, 4.69) is 15.0 Å². The maximum atomic E-state index is 11.7. The molecule has 0 aliphatic carbocycles. The average molecular weight is 247 g/mol. The summed E-state index contributed by atoms with van der Waals surface area (Å²) in [6.07, 6.45) is 0. The number of fused-ring (bicyclic) bond motifs is 1. The lowest BCUT2D eigenvalue weighted by Crippen LogP contribution is -2.28. The Labute approximate surface area is 103 Å². The summed E-state index contributed by atoms with van der Waals surface area (Å²) in [5, 5.41) is 0. The number of carbonyl (C=O) groups excluding carboxylic acids is 2. The van der Waals surface area contributed by atoms with Crippen molar-refractivity contribution in [3.63, 3.8) is 0 Å². The summed E-state index contributed by atoms with van der Waals surface area (Å²) in [5.74, 6) is -0.346. The number of rotatable bonds is 0. The molecule has 0 saturated heterocycles. The molecule has 0 aromatic carbocycles. The van der Waals surface area contributed by atoms with Crippen molar-refractivity contribution in [2.75, 3.05) is 0 Å². The minimum atomic E-state index is -0.414. The maximum absolute atomic E-state index is 11.7. The largest absolute Gasteiger partial charge is 0.273 e. The van der Waals surface area contributed by atoms with Gasteiger partial charge in [-0.25, -0.2) is 9.50 Å². The van der Waals surface area contributed by atoms with E-state index >= 15 is 0 Å². The molecule has 7 nitrogen and oxygen atoms in total. The normalized spacial score (nSPS) is 12.1. The first-order valence-electron chi connectivity index (χ1n) is 5.42. The van der Waals surface area contributed by atoms with E-state index in [4.69, 9.17) is 0 Å². The van der Waals surface area contributed by atoms with Crippen molar-refractivity contribution in [1.29, 1.82) is 0 Å². The summed E-state index contributed by atoms with van der Waals surface area (Å²) < 4.78 is 2.77. The van der Waals surface area contributed by atoms with E-state index in [0.717, 1.165) is 11.4 Å². The first-order chi connectivity index (χ1) is 8.40. The molecule has 7 heteroatoms. The Kier molecular flexibility index (Phi) is 2.82. The summed E-state index contributed by atoms with van der Waals surface area (Å²) >= 11 is 0. The van der Waals surface area contributed by atoms with E-state index in [1.807, 2.05) is 19.9 Å². The molecule has 0 aliphatic heterocycles. The van der Waals surface area contributed by atoms with Gasteiger partial charge in [-0.3, -0.25) is 9.59 Å². The monoisotopic (exact) mass is 247 g/mol. The van der Waals surface area contributed by atoms with E-state index in [1.54, 1.807) is 0 Å². The highest BCUT2D eigenvalue weighted by molar-refractivity contribution is 5.77. The Morgan fingerprint density at radius 2 is 1.89 bits per heavy atom. The van der Waals surface area contributed by atoms with Crippen LogP contribution in [0.4, 0.5) is 0 Å². The predicted octanol–water partition coefficient (Wildman–Crippen LogP) is 0.255. The number of hydrogen-bond acceptors (Lipinski definition) is 4. The van der Waals surface area contributed by atoms with Crippen molar-refractivity contribution < 1.29 is 9.59 Å². The van der Waals surface area contributed by atoms with Crippen molar-refractivity contribution in [3.05, 3.63) is 23.1 Å². The number of carbonyl (C=O) groups is 2. The van der Waals surface area contributed by atoms with Crippen LogP contribution in [0.2, 0.25) is 0 Å². The zero-order chi connectivity index (χ0) is 13.4. The minimum absolute atomic E-state index is 0.0520. The Morgan fingerprint density at radius 3 is 2.44 bits per heavy atom. The van der Waals surface area contributed by atoms with Gasteiger partial charge in [-0.2, -0.15) is 14.7 Å². The van der Waals surface area contributed by atoms with Crippen LogP contribution in [0.15, 0.2) is 11.1 Å². The second kappa shape index (κ2) is 4.17. The molecule has 0 radical (unpaired) electrons. The Balaban J connectivity index is 2.98. The Bertz CT molecular complexity index is 723. The van der Waals surface area contributed by atoms with Crippen LogP contribution < -0.4 is 5.62 Å². The third-order valence-corrected chi connectivity index (χ3v) is 2.36. The van der Waals surface area contributed by atoms with Crippen molar-refractivity contribution in [3.8, 4) is 0 Å². The molecule has 1 amide bonds. The molecule has 0 N–H and O–H groups in total. The molecular weight excluding hydrogens is 234 g/mol. The van der Waals surface area contributed by atoms with Crippen LogP contribution in [0.25, 0.3) is 5.78 Å². The maximum Gasteiger partial charge on any atom is 0.258 e. The number of amides is 1. The third kappa shape index (κ3) is 1.94. The van der Waals surface area contributed by atoms with Gasteiger partial charge in [0.2, 0.25) is 11.8 Å². The first kappa shape index (κ1) is 12.2. The van der Waals surface area contributed by atoms with Crippen molar-refractivity contribution >= 4 is 17.6 Å². The van der Waals surface area contributed by atoms with E-state index in [1.165, 1.54) is 23.0 Å². The summed E-state index contributed by atoms with van der Waals surface area (Å²) in [6, 6.07) is 1.83. The second-order valence-corrected chi connectivity index (χ2v) is 4.02. The zero-order valence-corrected chi connectivity index (χ0v) is 10.6. The van der Waals surface area contributed by atoms with Gasteiger partial charge in [-0.1, -0.05) is 0 Å². The fourth-order valence-electron chi connectivity index (χ4n) is 1.80. The van der Waals surface area contributed by atoms with Crippen LogP contribution in [0.5, 0.6) is 0 Å². The van der Waals surface area contributed by atoms with Crippen LogP contribution >= 0.6 is 0 Å². The van der Waals surface area contributed by atoms with Crippen LogP contribution in [0.3, 0.4) is 0 Å². The number of aromatic nitrogens is 4. The van der Waals surface area contributed by atoms with Crippen LogP contribution in [0.1, 0.15) is 30.0 Å². The molecule has 2 aromatic rings. The summed E-state index contributed by atoms with van der Waals surface area (Å²) in [7, 11) is 0. The van der Waals surface area contributed by atoms with Crippen LogP contribution in [-0.4, -0.2) is 31.0 Å². The van der Waals surface area contributed by atoms with Gasteiger partial charge < -0.3 is 0 Å². The lowest BCUT2D eigenvalue weighted by molar-refractivity contribution is -0.116. The number of aryl methyl sites for hydroxylation is 2. The molecule has 2 heterocycles. The van der Waals surface area contributed by atoms with E-state index < -0.39 is 5.91 Å². The first-order valence-corrected chi connectivity index (χ1v) is 5.42. The summed E-state index contributed by atoms with van der Waals surface area (Å²) in [4.78, 5) is 34.8. The highest BCUT2D eigenvalue weighted by atomic mass is 16.2. The van der Waals surface area contributed by atoms with Gasteiger partial charge in [-0.15, -0.1) is 0 Å². The van der Waals surface area contributed by atoms with Gasteiger partial charge in [0.15, 0.2) is 0 Å². The molecule has 2 aromatic heterocycles. The van der Waals surface area contributed by atoms with Gasteiger partial charge in [-0.05, 0) is 19.9 Å². The van der Waals surface area contributed by atoms with Gasteiger partial charge in [0, 0.05) is 25.2 Å². The number of hydrogen-bond donors (Lipinski definition) is 0. The minimum Gasteiger partial charge on any atom is -0.273 e. The van der Waals surface area contributed by atoms with E-state index in [0.29, 0.717) is 5.78 Å². The molecule has 0 fully saturated rings. The van der Waals surface area contributed by atoms with Gasteiger partial charge in [0.05, 0.1) is 0 Å². The van der Waals surface area contributed by atoms with Gasteiger partial charge >= 0.3 is 0 Å². The molecule has 94 valence electrons. The van der Waals surface area contributed by atoms with Crippen molar-refractivity contribution in [2.45, 2.75) is 27.7 Å². The molecule has 0 spiro atoms. The topological polar surface area (TPSA) is 81.6 Å². The third-order valence-electron chi connectivity index (χ3n) is 2.36. The van der Waals surface area contributed by atoms with Gasteiger partial charge in [0.1, 0.15) is 0 Å². The summed E-state index contributed by atoms with van der Waals surface area (Å²) in [5.41, 5.74) is 1.64. The van der Waals surface area contributed by atoms with Crippen LogP contribution in [0, 0.1) is 13.8 Å². The molecule has 0 saturated carbocycles. The van der Waals surface area contributed by atoms with Crippen molar-refractivity contribution in [2.24, 2.45) is 4.99 Å².